The van der Waals surface area contributed by atoms with Gasteiger partial charge in [0.25, 0.3) is 5.91 Å². The van der Waals surface area contributed by atoms with E-state index in [1.807, 2.05) is 0 Å². The Morgan fingerprint density at radius 2 is 2.19 bits per heavy atom. The van der Waals surface area contributed by atoms with Crippen molar-refractivity contribution < 1.29 is 14.0 Å². The van der Waals surface area contributed by atoms with E-state index in [2.05, 4.69) is 12.2 Å². The second-order valence-electron chi connectivity index (χ2n) is 6.23. The summed E-state index contributed by atoms with van der Waals surface area (Å²) in [6.07, 6.45) is 4.88. The van der Waals surface area contributed by atoms with E-state index in [1.54, 1.807) is 12.1 Å². The van der Waals surface area contributed by atoms with Crippen LogP contribution in [0.2, 0.25) is 0 Å². The third-order valence-corrected chi connectivity index (χ3v) is 4.66. The third kappa shape index (κ3) is 2.44. The molecule has 21 heavy (non-hydrogen) atoms. The normalized spacial score (nSPS) is 30.8. The molecular weight excluding hydrogens is 270 g/mol. The first-order chi connectivity index (χ1) is 10.0. The number of carbonyl (C=O) groups excluding carboxylic acids is 2. The van der Waals surface area contributed by atoms with E-state index < -0.39 is 11.6 Å². The predicted octanol–water partition coefficient (Wildman–Crippen LogP) is 1.78. The SMILES string of the molecule is CC1CCC2(CC1)NC(=O)N(CC(N)c1ccco1)C2=O. The van der Waals surface area contributed by atoms with E-state index in [4.69, 9.17) is 10.2 Å². The summed E-state index contributed by atoms with van der Waals surface area (Å²) in [6.45, 7) is 2.33. The fourth-order valence-corrected chi connectivity index (χ4v) is 3.22. The summed E-state index contributed by atoms with van der Waals surface area (Å²) < 4.78 is 5.23. The zero-order valence-corrected chi connectivity index (χ0v) is 12.2. The van der Waals surface area contributed by atoms with Crippen molar-refractivity contribution in [3.63, 3.8) is 0 Å². The Balaban J connectivity index is 1.72. The number of hydrogen-bond donors (Lipinski definition) is 2. The molecule has 1 saturated carbocycles. The molecule has 0 aromatic carbocycles. The van der Waals surface area contributed by atoms with E-state index >= 15 is 0 Å². The fourth-order valence-electron chi connectivity index (χ4n) is 3.22. The Hall–Kier alpha value is -1.82. The van der Waals surface area contributed by atoms with Crippen LogP contribution in [0.25, 0.3) is 0 Å². The number of nitrogens with two attached hydrogens (primary N) is 1. The summed E-state index contributed by atoms with van der Waals surface area (Å²) in [4.78, 5) is 26.1. The predicted molar refractivity (Wildman–Crippen MR) is 76.2 cm³/mol. The van der Waals surface area contributed by atoms with Crippen molar-refractivity contribution in [3.8, 4) is 0 Å². The molecule has 2 fully saturated rings. The van der Waals surface area contributed by atoms with Crippen molar-refractivity contribution >= 4 is 11.9 Å². The van der Waals surface area contributed by atoms with Gasteiger partial charge in [0.15, 0.2) is 0 Å². The fraction of sp³-hybridized carbons (Fsp3) is 0.600. The lowest BCUT2D eigenvalue weighted by atomic mass is 9.77. The molecule has 1 saturated heterocycles. The Morgan fingerprint density at radius 1 is 1.48 bits per heavy atom. The van der Waals surface area contributed by atoms with Gasteiger partial charge in [-0.15, -0.1) is 0 Å². The number of hydrogen-bond acceptors (Lipinski definition) is 4. The second-order valence-corrected chi connectivity index (χ2v) is 6.23. The summed E-state index contributed by atoms with van der Waals surface area (Å²) in [5, 5.41) is 2.89. The molecule has 3 rings (SSSR count). The summed E-state index contributed by atoms with van der Waals surface area (Å²) in [6, 6.07) is 2.66. The second kappa shape index (κ2) is 5.18. The van der Waals surface area contributed by atoms with Gasteiger partial charge < -0.3 is 15.5 Å². The summed E-state index contributed by atoms with van der Waals surface area (Å²) in [5.74, 6) is 1.05. The van der Waals surface area contributed by atoms with Crippen LogP contribution in [0.5, 0.6) is 0 Å². The largest absolute Gasteiger partial charge is 0.468 e. The zero-order chi connectivity index (χ0) is 15.0. The molecule has 6 heteroatoms. The molecular formula is C15H21N3O3. The van der Waals surface area contributed by atoms with Crippen LogP contribution in [0.1, 0.15) is 44.4 Å². The van der Waals surface area contributed by atoms with Crippen LogP contribution < -0.4 is 11.1 Å². The van der Waals surface area contributed by atoms with Crippen LogP contribution in [-0.4, -0.2) is 28.9 Å². The highest BCUT2D eigenvalue weighted by Gasteiger charge is 2.52. The Labute approximate surface area is 123 Å². The van der Waals surface area contributed by atoms with E-state index in [1.165, 1.54) is 11.2 Å². The summed E-state index contributed by atoms with van der Waals surface area (Å²) in [5.41, 5.74) is 5.31. The van der Waals surface area contributed by atoms with E-state index in [0.29, 0.717) is 24.5 Å². The van der Waals surface area contributed by atoms with Gasteiger partial charge in [0, 0.05) is 0 Å². The molecule has 1 spiro atoms. The average Bonchev–Trinajstić information content (AvgIpc) is 3.06. The molecule has 3 N–H and O–H groups in total. The van der Waals surface area contributed by atoms with Crippen molar-refractivity contribution in [2.75, 3.05) is 6.54 Å². The van der Waals surface area contributed by atoms with Gasteiger partial charge in [0.1, 0.15) is 11.3 Å². The molecule has 1 aliphatic carbocycles. The third-order valence-electron chi connectivity index (χ3n) is 4.66. The number of imide groups is 1. The lowest BCUT2D eigenvalue weighted by molar-refractivity contribution is -0.132. The van der Waals surface area contributed by atoms with Crippen LogP contribution in [0, 0.1) is 5.92 Å². The maximum atomic E-state index is 12.7. The zero-order valence-electron chi connectivity index (χ0n) is 12.2. The van der Waals surface area contributed by atoms with Crippen LogP contribution in [0.3, 0.4) is 0 Å². The van der Waals surface area contributed by atoms with Crippen LogP contribution in [0.15, 0.2) is 22.8 Å². The number of urea groups is 1. The standard InChI is InChI=1S/C15H21N3O3/c1-10-4-6-15(7-5-10)13(19)18(14(20)17-15)9-11(16)12-3-2-8-21-12/h2-3,8,10-11H,4-7,9,16H2,1H3,(H,17,20). The molecule has 2 aliphatic rings. The Morgan fingerprint density at radius 3 is 2.81 bits per heavy atom. The van der Waals surface area contributed by atoms with E-state index in [9.17, 15) is 9.59 Å². The van der Waals surface area contributed by atoms with Crippen molar-refractivity contribution in [1.82, 2.24) is 10.2 Å². The molecule has 1 aromatic rings. The first kappa shape index (κ1) is 14.1. The molecule has 0 radical (unpaired) electrons. The Bertz CT molecular complexity index is 532. The van der Waals surface area contributed by atoms with Gasteiger partial charge in [0.05, 0.1) is 18.8 Å². The van der Waals surface area contributed by atoms with Crippen LogP contribution in [0.4, 0.5) is 4.79 Å². The number of rotatable bonds is 3. The van der Waals surface area contributed by atoms with Crippen molar-refractivity contribution in [3.05, 3.63) is 24.2 Å². The maximum absolute atomic E-state index is 12.7. The first-order valence-electron chi connectivity index (χ1n) is 7.45. The molecule has 2 heterocycles. The molecule has 1 atom stereocenters. The van der Waals surface area contributed by atoms with Crippen LogP contribution in [-0.2, 0) is 4.79 Å². The molecule has 114 valence electrons. The number of nitrogens with one attached hydrogen (secondary N) is 1. The summed E-state index contributed by atoms with van der Waals surface area (Å²) in [7, 11) is 0. The van der Waals surface area contributed by atoms with E-state index in [-0.39, 0.29) is 18.5 Å². The lowest BCUT2D eigenvalue weighted by Crippen LogP contribution is -2.49. The monoisotopic (exact) mass is 291 g/mol. The Kier molecular flexibility index (Phi) is 3.49. The van der Waals surface area contributed by atoms with Gasteiger partial charge in [-0.25, -0.2) is 4.79 Å². The summed E-state index contributed by atoms with van der Waals surface area (Å²) >= 11 is 0. The topological polar surface area (TPSA) is 88.6 Å². The van der Waals surface area contributed by atoms with Gasteiger partial charge in [-0.05, 0) is 43.7 Å². The smallest absolute Gasteiger partial charge is 0.325 e. The minimum Gasteiger partial charge on any atom is -0.468 e. The lowest BCUT2D eigenvalue weighted by Gasteiger charge is -2.33. The number of carbonyl (C=O) groups is 2. The van der Waals surface area contributed by atoms with Crippen molar-refractivity contribution in [1.29, 1.82) is 0 Å². The number of furan rings is 1. The average molecular weight is 291 g/mol. The molecule has 0 bridgehead atoms. The van der Waals surface area contributed by atoms with Gasteiger partial charge in [-0.1, -0.05) is 6.92 Å². The molecule has 1 unspecified atom stereocenters. The van der Waals surface area contributed by atoms with Gasteiger partial charge in [-0.2, -0.15) is 0 Å². The first-order valence-corrected chi connectivity index (χ1v) is 7.45. The highest BCUT2D eigenvalue weighted by molar-refractivity contribution is 6.07. The van der Waals surface area contributed by atoms with Crippen molar-refractivity contribution in [2.45, 2.75) is 44.2 Å². The van der Waals surface area contributed by atoms with Crippen LogP contribution >= 0.6 is 0 Å². The minimum absolute atomic E-state index is 0.138. The maximum Gasteiger partial charge on any atom is 0.325 e. The molecule has 1 aliphatic heterocycles. The van der Waals surface area contributed by atoms with Gasteiger partial charge in [0.2, 0.25) is 0 Å². The van der Waals surface area contributed by atoms with Crippen molar-refractivity contribution in [2.24, 2.45) is 11.7 Å². The molecule has 6 nitrogen and oxygen atoms in total. The van der Waals surface area contributed by atoms with Gasteiger partial charge >= 0.3 is 6.03 Å². The molecule has 1 aromatic heterocycles. The number of nitrogens with zero attached hydrogens (tertiary/aromatic N) is 1. The molecule has 3 amide bonds. The van der Waals surface area contributed by atoms with Gasteiger partial charge in [-0.3, -0.25) is 9.69 Å². The minimum atomic E-state index is -0.702. The highest BCUT2D eigenvalue weighted by atomic mass is 16.3. The highest BCUT2D eigenvalue weighted by Crippen LogP contribution is 2.36. The van der Waals surface area contributed by atoms with E-state index in [0.717, 1.165) is 12.8 Å². The number of amides is 3. The quantitative estimate of drug-likeness (QED) is 0.831.